The molecule has 0 saturated carbocycles. The number of aliphatic imine (C=N–C) groups is 1. The van der Waals surface area contributed by atoms with Crippen molar-refractivity contribution >= 4 is 5.96 Å². The van der Waals surface area contributed by atoms with Gasteiger partial charge in [-0.3, -0.25) is 0 Å². The predicted molar refractivity (Wildman–Crippen MR) is 116 cm³/mol. The summed E-state index contributed by atoms with van der Waals surface area (Å²) in [6, 6.07) is 13.8. The summed E-state index contributed by atoms with van der Waals surface area (Å²) >= 11 is 0. The smallest absolute Gasteiger partial charge is 0.192 e. The summed E-state index contributed by atoms with van der Waals surface area (Å²) in [7, 11) is 1.91. The number of nitrogens with zero attached hydrogens (tertiary/aromatic N) is 4. The van der Waals surface area contributed by atoms with E-state index in [2.05, 4.69) is 44.9 Å². The van der Waals surface area contributed by atoms with E-state index in [1.807, 2.05) is 49.7 Å². The van der Waals surface area contributed by atoms with E-state index in [1.165, 1.54) is 0 Å². The zero-order valence-corrected chi connectivity index (χ0v) is 18.2. The molecule has 0 aliphatic carbocycles. The Labute approximate surface area is 177 Å². The zero-order valence-electron chi connectivity index (χ0n) is 18.2. The molecule has 2 unspecified atom stereocenters. The Balaban J connectivity index is 1.75. The van der Waals surface area contributed by atoms with Crippen LogP contribution in [0.3, 0.4) is 0 Å². The maximum atomic E-state index is 10.9. The van der Waals surface area contributed by atoms with E-state index in [1.54, 1.807) is 13.0 Å². The Kier molecular flexibility index (Phi) is 6.56. The van der Waals surface area contributed by atoms with Gasteiger partial charge in [0.15, 0.2) is 11.8 Å². The van der Waals surface area contributed by atoms with Crippen molar-refractivity contribution in [2.45, 2.75) is 45.9 Å². The molecular weight excluding hydrogens is 380 g/mol. The molecule has 0 radical (unpaired) electrons. The lowest BCUT2D eigenvalue weighted by Gasteiger charge is -2.24. The van der Waals surface area contributed by atoms with Crippen molar-refractivity contribution in [2.24, 2.45) is 12.0 Å². The number of nitrogens with one attached hydrogen (secondary N) is 2. The average molecular weight is 411 g/mol. The van der Waals surface area contributed by atoms with Crippen molar-refractivity contribution in [3.8, 4) is 0 Å². The molecule has 2 atom stereocenters. The molecule has 0 amide bonds. The number of furan rings is 1. The van der Waals surface area contributed by atoms with Crippen molar-refractivity contribution < 1.29 is 9.52 Å². The number of aliphatic hydroxyl groups is 1. The number of hydrogen-bond acceptors (Lipinski definition) is 5. The van der Waals surface area contributed by atoms with Crippen molar-refractivity contribution in [1.29, 1.82) is 0 Å². The fourth-order valence-electron chi connectivity index (χ4n) is 2.99. The fourth-order valence-corrected chi connectivity index (χ4v) is 2.99. The van der Waals surface area contributed by atoms with E-state index < -0.39 is 5.60 Å². The highest BCUT2D eigenvalue weighted by Gasteiger charge is 2.27. The van der Waals surface area contributed by atoms with Crippen LogP contribution in [0, 0.1) is 13.8 Å². The van der Waals surface area contributed by atoms with E-state index >= 15 is 0 Å². The lowest BCUT2D eigenvalue weighted by molar-refractivity contribution is 0.0377. The molecule has 0 bridgehead atoms. The van der Waals surface area contributed by atoms with Gasteiger partial charge in [-0.1, -0.05) is 30.3 Å². The van der Waals surface area contributed by atoms with Crippen LogP contribution >= 0.6 is 0 Å². The van der Waals surface area contributed by atoms with Crippen LogP contribution in [0.15, 0.2) is 51.9 Å². The summed E-state index contributed by atoms with van der Waals surface area (Å²) in [5, 5.41) is 25.8. The second kappa shape index (κ2) is 9.13. The third-order valence-corrected chi connectivity index (χ3v) is 5.09. The number of guanidine groups is 1. The van der Waals surface area contributed by atoms with Crippen molar-refractivity contribution in [3.63, 3.8) is 0 Å². The van der Waals surface area contributed by atoms with Gasteiger partial charge in [0, 0.05) is 7.05 Å². The molecule has 0 saturated heterocycles. The maximum Gasteiger partial charge on any atom is 0.192 e. The van der Waals surface area contributed by atoms with Gasteiger partial charge in [0.05, 0.1) is 12.6 Å². The SMILES string of the molecule is Cc1ccc(C(C)(O)CNC(=NCc2nnc(C)n2C)NC(C)c2ccccc2)o1. The first-order chi connectivity index (χ1) is 14.3. The first-order valence-electron chi connectivity index (χ1n) is 10.0. The number of aryl methyl sites for hydroxylation is 2. The van der Waals surface area contributed by atoms with E-state index in [0.717, 1.165) is 23.0 Å². The van der Waals surface area contributed by atoms with Gasteiger partial charge in [-0.15, -0.1) is 10.2 Å². The highest BCUT2D eigenvalue weighted by molar-refractivity contribution is 5.80. The minimum absolute atomic E-state index is 0.0227. The second-order valence-electron chi connectivity index (χ2n) is 7.70. The van der Waals surface area contributed by atoms with Crippen molar-refractivity contribution in [2.75, 3.05) is 6.54 Å². The molecule has 160 valence electrons. The van der Waals surface area contributed by atoms with Gasteiger partial charge in [-0.25, -0.2) is 4.99 Å². The Bertz CT molecular complexity index is 990. The highest BCUT2D eigenvalue weighted by atomic mass is 16.4. The van der Waals surface area contributed by atoms with E-state index in [9.17, 15) is 5.11 Å². The number of rotatable bonds is 7. The molecule has 0 aliphatic heterocycles. The van der Waals surface area contributed by atoms with E-state index in [0.29, 0.717) is 18.3 Å². The van der Waals surface area contributed by atoms with Crippen LogP contribution < -0.4 is 10.6 Å². The monoisotopic (exact) mass is 410 g/mol. The Hall–Kier alpha value is -3.13. The molecule has 2 aromatic heterocycles. The summed E-state index contributed by atoms with van der Waals surface area (Å²) in [4.78, 5) is 4.66. The van der Waals surface area contributed by atoms with Crippen LogP contribution in [0.5, 0.6) is 0 Å². The third-order valence-electron chi connectivity index (χ3n) is 5.09. The summed E-state index contributed by atoms with van der Waals surface area (Å²) in [5.41, 5.74) is -0.0523. The molecule has 0 spiro atoms. The van der Waals surface area contributed by atoms with Gasteiger partial charge in [0.2, 0.25) is 0 Å². The molecule has 8 heteroatoms. The van der Waals surface area contributed by atoms with Gasteiger partial charge in [-0.2, -0.15) is 0 Å². The molecular formula is C22H30N6O2. The summed E-state index contributed by atoms with van der Waals surface area (Å²) in [6.07, 6.45) is 0. The third kappa shape index (κ3) is 5.27. The molecule has 0 aliphatic rings. The Morgan fingerprint density at radius 3 is 2.53 bits per heavy atom. The van der Waals surface area contributed by atoms with Crippen LogP contribution in [0.4, 0.5) is 0 Å². The summed E-state index contributed by atoms with van der Waals surface area (Å²) in [6.45, 7) is 8.11. The topological polar surface area (TPSA) is 101 Å². The van der Waals surface area contributed by atoms with E-state index in [4.69, 9.17) is 4.42 Å². The van der Waals surface area contributed by atoms with Gasteiger partial charge in [-0.05, 0) is 45.4 Å². The van der Waals surface area contributed by atoms with Gasteiger partial charge in [0.25, 0.3) is 0 Å². The second-order valence-corrected chi connectivity index (χ2v) is 7.70. The first kappa shape index (κ1) is 21.6. The number of aromatic nitrogens is 3. The van der Waals surface area contributed by atoms with Crippen LogP contribution in [0.2, 0.25) is 0 Å². The first-order valence-corrected chi connectivity index (χ1v) is 10.0. The standard InChI is InChI=1S/C22H30N6O2/c1-15-11-12-19(30-15)22(4,29)14-24-21(23-13-20-27-26-17(3)28(20)5)25-16(2)18-9-7-6-8-10-18/h6-12,16,29H,13-14H2,1-5H3,(H2,23,24,25). The minimum Gasteiger partial charge on any atom is -0.463 e. The largest absolute Gasteiger partial charge is 0.463 e. The van der Waals surface area contributed by atoms with Crippen molar-refractivity contribution in [3.05, 3.63) is 71.2 Å². The molecule has 1 aromatic carbocycles. The normalized spacial score (nSPS) is 14.9. The van der Waals surface area contributed by atoms with Crippen molar-refractivity contribution in [1.82, 2.24) is 25.4 Å². The quantitative estimate of drug-likeness (QED) is 0.409. The molecule has 30 heavy (non-hydrogen) atoms. The highest BCUT2D eigenvalue weighted by Crippen LogP contribution is 2.22. The van der Waals surface area contributed by atoms with Gasteiger partial charge < -0.3 is 24.7 Å². The minimum atomic E-state index is -1.19. The zero-order chi connectivity index (χ0) is 21.7. The van der Waals surface area contributed by atoms with Crippen LogP contribution in [-0.2, 0) is 19.2 Å². The lowest BCUT2D eigenvalue weighted by Crippen LogP contribution is -2.45. The van der Waals surface area contributed by atoms with Gasteiger partial charge >= 0.3 is 0 Å². The maximum absolute atomic E-state index is 10.9. The summed E-state index contributed by atoms with van der Waals surface area (Å²) in [5.74, 6) is 3.42. The number of benzene rings is 1. The number of hydrogen-bond donors (Lipinski definition) is 3. The molecule has 3 rings (SSSR count). The molecule has 2 heterocycles. The molecule has 3 N–H and O–H groups in total. The van der Waals surface area contributed by atoms with Gasteiger partial charge in [0.1, 0.15) is 29.5 Å². The molecule has 0 fully saturated rings. The Morgan fingerprint density at radius 1 is 1.20 bits per heavy atom. The van der Waals surface area contributed by atoms with Crippen LogP contribution in [0.25, 0.3) is 0 Å². The van der Waals surface area contributed by atoms with Crippen LogP contribution in [-0.4, -0.2) is 32.4 Å². The van der Waals surface area contributed by atoms with E-state index in [-0.39, 0.29) is 12.6 Å². The summed E-state index contributed by atoms with van der Waals surface area (Å²) < 4.78 is 7.51. The predicted octanol–water partition coefficient (Wildman–Crippen LogP) is 2.73. The van der Waals surface area contributed by atoms with Crippen LogP contribution in [0.1, 0.15) is 48.6 Å². The fraction of sp³-hybridized carbons (Fsp3) is 0.409. The average Bonchev–Trinajstić information content (AvgIpc) is 3.31. The molecule has 3 aromatic rings. The Morgan fingerprint density at radius 2 is 1.93 bits per heavy atom. The molecule has 8 nitrogen and oxygen atoms in total. The lowest BCUT2D eigenvalue weighted by atomic mass is 10.0.